The molecule has 11 heteroatoms. The Morgan fingerprint density at radius 2 is 2.06 bits per heavy atom. The maximum absolute atomic E-state index is 13.9. The van der Waals surface area contributed by atoms with Gasteiger partial charge in [-0.25, -0.2) is 14.4 Å². The number of rotatable bonds is 6. The van der Waals surface area contributed by atoms with Crippen LogP contribution in [0.25, 0.3) is 10.9 Å². The number of nitrogens with one attached hydrogen (secondary N) is 3. The Morgan fingerprint density at radius 1 is 1.20 bits per heavy atom. The summed E-state index contributed by atoms with van der Waals surface area (Å²) in [5.41, 5.74) is 0.869. The van der Waals surface area contributed by atoms with E-state index in [0.717, 1.165) is 32.1 Å². The molecule has 35 heavy (non-hydrogen) atoms. The van der Waals surface area contributed by atoms with Crippen molar-refractivity contribution in [2.45, 2.75) is 0 Å². The predicted molar refractivity (Wildman–Crippen MR) is 136 cm³/mol. The molecule has 2 saturated heterocycles. The fourth-order valence-electron chi connectivity index (χ4n) is 4.42. The van der Waals surface area contributed by atoms with Gasteiger partial charge in [-0.05, 0) is 18.2 Å². The van der Waals surface area contributed by atoms with Gasteiger partial charge < -0.3 is 30.0 Å². The van der Waals surface area contributed by atoms with Crippen molar-refractivity contribution in [1.82, 2.24) is 19.9 Å². The van der Waals surface area contributed by atoms with Gasteiger partial charge in [0.05, 0.1) is 43.1 Å². The second-order valence-electron chi connectivity index (χ2n) is 8.83. The molecule has 10 nitrogen and oxygen atoms in total. The second-order valence-corrected chi connectivity index (χ2v) is 8.83. The van der Waals surface area contributed by atoms with Crippen LogP contribution in [0.1, 0.15) is 4.28 Å². The maximum Gasteiger partial charge on any atom is 0.272 e. The van der Waals surface area contributed by atoms with Gasteiger partial charge in [-0.3, -0.25) is 4.79 Å². The third-order valence-corrected chi connectivity index (χ3v) is 6.22. The molecule has 184 valence electrons. The molecular formula is C24H28FN7O3. The highest BCUT2D eigenvalue weighted by Gasteiger charge is 2.50. The van der Waals surface area contributed by atoms with Crippen molar-refractivity contribution in [1.29, 1.82) is 0 Å². The van der Waals surface area contributed by atoms with Crippen molar-refractivity contribution in [3.05, 3.63) is 65.0 Å². The molecule has 3 N–H and O–H groups in total. The number of H-pyrrole nitrogens is 1. The fourth-order valence-corrected chi connectivity index (χ4v) is 4.42. The molecule has 4 aromatic rings. The summed E-state index contributed by atoms with van der Waals surface area (Å²) >= 11 is 0. The minimum Gasteiger partial charge on any atom is -0.493 e. The molecule has 6 rings (SSSR count). The van der Waals surface area contributed by atoms with E-state index in [0.29, 0.717) is 28.6 Å². The zero-order valence-corrected chi connectivity index (χ0v) is 18.8. The number of benzene rings is 1. The average Bonchev–Trinajstić information content (AvgIpc) is 2.79. The van der Waals surface area contributed by atoms with Crippen LogP contribution < -0.4 is 25.8 Å². The van der Waals surface area contributed by atoms with Crippen LogP contribution in [0.3, 0.4) is 0 Å². The molecule has 0 aliphatic carbocycles. The summed E-state index contributed by atoms with van der Waals surface area (Å²) in [5, 5.41) is 6.66. The lowest BCUT2D eigenvalue weighted by Crippen LogP contribution is -2.66. The highest BCUT2D eigenvalue weighted by molar-refractivity contribution is 5.82. The lowest BCUT2D eigenvalue weighted by molar-refractivity contribution is -0.127. The zero-order valence-electron chi connectivity index (χ0n) is 18.8. The number of halogens is 1. The Kier molecular flexibility index (Phi) is 4.99. The van der Waals surface area contributed by atoms with Crippen LogP contribution >= 0.6 is 0 Å². The monoisotopic (exact) mass is 481 g/mol. The van der Waals surface area contributed by atoms with Crippen LogP contribution in [0.4, 0.5) is 33.3 Å². The number of hydrogen-bond donors (Lipinski definition) is 3. The largest absolute Gasteiger partial charge is 0.493 e. The molecule has 1 spiro atoms. The third-order valence-electron chi connectivity index (χ3n) is 6.22. The third kappa shape index (κ3) is 3.89. The summed E-state index contributed by atoms with van der Waals surface area (Å²) in [6.07, 6.45) is 3.26. The first kappa shape index (κ1) is 21.3. The quantitative estimate of drug-likeness (QED) is 0.377. The lowest BCUT2D eigenvalue weighted by Gasteiger charge is -2.55. The first-order valence-corrected chi connectivity index (χ1v) is 11.1. The summed E-state index contributed by atoms with van der Waals surface area (Å²) in [6, 6.07) is 9.66. The van der Waals surface area contributed by atoms with Gasteiger partial charge in [0.15, 0.2) is 11.6 Å². The minimum atomic E-state index is -0.486. The van der Waals surface area contributed by atoms with Crippen LogP contribution in [0.2, 0.25) is 0 Å². The van der Waals surface area contributed by atoms with Crippen LogP contribution in [-0.2, 0) is 4.74 Å². The highest BCUT2D eigenvalue weighted by atomic mass is 19.1. The number of nitrogens with zero attached hydrogens (tertiary/aromatic N) is 4. The van der Waals surface area contributed by atoms with Gasteiger partial charge >= 0.3 is 0 Å². The molecule has 0 saturated carbocycles. The first-order chi connectivity index (χ1) is 17.0. The van der Waals surface area contributed by atoms with Crippen molar-refractivity contribution in [2.24, 2.45) is 5.41 Å². The van der Waals surface area contributed by atoms with E-state index in [2.05, 4.69) is 35.5 Å². The number of hydrogen-bond acceptors (Lipinski definition) is 9. The Hall–Kier alpha value is -4.25. The zero-order chi connectivity index (χ0) is 24.0. The SMILES string of the molecule is COc1cc(Nc2nccc(Nc3cc4cccc(F)c4[nH]c3=O)n2)cnc1N1CC2(COC2)C1.[HH].[HH].[HH]. The Balaban J connectivity index is 0.00000133. The van der Waals surface area contributed by atoms with Crippen molar-refractivity contribution >= 4 is 39.9 Å². The number of pyridine rings is 2. The predicted octanol–water partition coefficient (Wildman–Crippen LogP) is 3.92. The second kappa shape index (κ2) is 8.20. The van der Waals surface area contributed by atoms with Crippen molar-refractivity contribution in [3.8, 4) is 5.75 Å². The highest BCUT2D eigenvalue weighted by Crippen LogP contribution is 2.42. The van der Waals surface area contributed by atoms with E-state index in [1.54, 1.807) is 43.8 Å². The topological polar surface area (TPSA) is 117 Å². The smallest absolute Gasteiger partial charge is 0.272 e. The normalized spacial score (nSPS) is 16.0. The van der Waals surface area contributed by atoms with E-state index < -0.39 is 11.4 Å². The van der Waals surface area contributed by atoms with Crippen LogP contribution in [0.15, 0.2) is 53.6 Å². The molecule has 2 fully saturated rings. The fraction of sp³-hybridized carbons (Fsp3) is 0.250. The Labute approximate surface area is 203 Å². The van der Waals surface area contributed by atoms with E-state index in [9.17, 15) is 9.18 Å². The number of ether oxygens (including phenoxy) is 2. The van der Waals surface area contributed by atoms with Gasteiger partial charge in [0, 0.05) is 35.0 Å². The average molecular weight is 482 g/mol. The van der Waals surface area contributed by atoms with Gasteiger partial charge in [0.2, 0.25) is 5.95 Å². The van der Waals surface area contributed by atoms with Crippen molar-refractivity contribution < 1.29 is 18.1 Å². The van der Waals surface area contributed by atoms with E-state index in [4.69, 9.17) is 9.47 Å². The molecule has 1 aromatic carbocycles. The van der Waals surface area contributed by atoms with E-state index in [-0.39, 0.29) is 20.9 Å². The molecule has 0 radical (unpaired) electrons. The Bertz CT molecular complexity index is 1500. The van der Waals surface area contributed by atoms with Gasteiger partial charge in [-0.1, -0.05) is 12.1 Å². The van der Waals surface area contributed by atoms with Gasteiger partial charge in [0.25, 0.3) is 5.56 Å². The number of methoxy groups -OCH3 is 1. The molecular weight excluding hydrogens is 453 g/mol. The standard InChI is InChI=1S/C24H22FN7O3.3H2/c1-34-18-8-15(9-27-21(18)32-10-24(11-32)12-35-13-24)28-23-26-6-5-19(30-23)29-17-7-14-3-2-4-16(25)20(14)31-22(17)33;;;/h2-9H,10-13H2,1H3,(H,31,33)(H2,26,28,29,30);3*1H. The van der Waals surface area contributed by atoms with Gasteiger partial charge in [-0.15, -0.1) is 0 Å². The maximum atomic E-state index is 13.9. The molecule has 0 bridgehead atoms. The molecule has 0 amide bonds. The molecule has 2 aliphatic heterocycles. The number of fused-ring (bicyclic) bond motifs is 1. The van der Waals surface area contributed by atoms with Crippen LogP contribution in [0.5, 0.6) is 5.75 Å². The lowest BCUT2D eigenvalue weighted by atomic mass is 9.78. The number of aromatic amines is 1. The summed E-state index contributed by atoms with van der Waals surface area (Å²) in [7, 11) is 1.61. The molecule has 3 aromatic heterocycles. The summed E-state index contributed by atoms with van der Waals surface area (Å²) in [5.74, 6) is 1.66. The van der Waals surface area contributed by atoms with E-state index in [1.807, 2.05) is 6.07 Å². The molecule has 5 heterocycles. The molecule has 0 unspecified atom stereocenters. The van der Waals surface area contributed by atoms with Crippen LogP contribution in [0, 0.1) is 11.2 Å². The minimum absolute atomic E-state index is 0. The van der Waals surface area contributed by atoms with Crippen LogP contribution in [-0.4, -0.2) is 53.3 Å². The molecule has 2 aliphatic rings. The van der Waals surface area contributed by atoms with Gasteiger partial charge in [0.1, 0.15) is 17.3 Å². The van der Waals surface area contributed by atoms with Crippen molar-refractivity contribution in [2.75, 3.05) is 48.9 Å². The summed E-state index contributed by atoms with van der Waals surface area (Å²) < 4.78 is 24.9. The van der Waals surface area contributed by atoms with E-state index >= 15 is 0 Å². The number of anilines is 5. The number of aromatic nitrogens is 4. The van der Waals surface area contributed by atoms with Crippen molar-refractivity contribution in [3.63, 3.8) is 0 Å². The summed E-state index contributed by atoms with van der Waals surface area (Å²) in [4.78, 5) is 30.4. The van der Waals surface area contributed by atoms with E-state index in [1.165, 1.54) is 6.07 Å². The number of para-hydroxylation sites is 1. The van der Waals surface area contributed by atoms with Gasteiger partial charge in [-0.2, -0.15) is 4.98 Å². The first-order valence-electron chi connectivity index (χ1n) is 11.1. The molecule has 0 atom stereocenters. The summed E-state index contributed by atoms with van der Waals surface area (Å²) in [6.45, 7) is 3.41. The Morgan fingerprint density at radius 3 is 2.83 bits per heavy atom.